The summed E-state index contributed by atoms with van der Waals surface area (Å²) in [6.45, 7) is 7.93. The van der Waals surface area contributed by atoms with Gasteiger partial charge in [0.25, 0.3) is 0 Å². The van der Waals surface area contributed by atoms with Crippen LogP contribution in [-0.2, 0) is 12.0 Å². The molecule has 2 rings (SSSR count). The molecule has 1 unspecified atom stereocenters. The molecule has 0 saturated heterocycles. The molecule has 2 aromatic rings. The molecule has 1 atom stereocenters. The van der Waals surface area contributed by atoms with E-state index in [9.17, 15) is 5.11 Å². The normalized spacial score (nSPS) is 14.1. The Morgan fingerprint density at radius 3 is 2.25 bits per heavy atom. The zero-order valence-corrected chi connectivity index (χ0v) is 13.3. The van der Waals surface area contributed by atoms with Gasteiger partial charge in [-0.3, -0.25) is 0 Å². The highest BCUT2D eigenvalue weighted by molar-refractivity contribution is 6.31. The van der Waals surface area contributed by atoms with Gasteiger partial charge in [-0.1, -0.05) is 47.5 Å². The number of benzene rings is 2. The van der Waals surface area contributed by atoms with E-state index < -0.39 is 5.60 Å². The van der Waals surface area contributed by atoms with E-state index in [0.29, 0.717) is 6.42 Å². The van der Waals surface area contributed by atoms with Gasteiger partial charge in [0, 0.05) is 11.4 Å². The predicted octanol–water partition coefficient (Wildman–Crippen LogP) is 4.72. The van der Waals surface area contributed by atoms with Crippen molar-refractivity contribution in [1.82, 2.24) is 0 Å². The predicted molar refractivity (Wildman–Crippen MR) is 85.4 cm³/mol. The van der Waals surface area contributed by atoms with Crippen molar-refractivity contribution < 1.29 is 5.11 Å². The number of hydrogen-bond acceptors (Lipinski definition) is 1. The van der Waals surface area contributed by atoms with Gasteiger partial charge in [0.15, 0.2) is 0 Å². The van der Waals surface area contributed by atoms with Crippen molar-refractivity contribution in [2.45, 2.75) is 39.7 Å². The second-order valence-electron chi connectivity index (χ2n) is 5.86. The fourth-order valence-corrected chi connectivity index (χ4v) is 2.88. The minimum absolute atomic E-state index is 0.510. The first-order valence-electron chi connectivity index (χ1n) is 6.85. The Kier molecular flexibility index (Phi) is 4.22. The highest BCUT2D eigenvalue weighted by Gasteiger charge is 2.26. The van der Waals surface area contributed by atoms with Gasteiger partial charge in [0.2, 0.25) is 0 Å². The Hall–Kier alpha value is -1.31. The van der Waals surface area contributed by atoms with E-state index in [4.69, 9.17) is 11.6 Å². The Morgan fingerprint density at radius 1 is 1.00 bits per heavy atom. The van der Waals surface area contributed by atoms with Crippen molar-refractivity contribution in [2.24, 2.45) is 0 Å². The molecule has 0 aliphatic carbocycles. The van der Waals surface area contributed by atoms with Crippen molar-refractivity contribution in [1.29, 1.82) is 0 Å². The summed E-state index contributed by atoms with van der Waals surface area (Å²) < 4.78 is 0. The largest absolute Gasteiger partial charge is 0.385 e. The lowest BCUT2D eigenvalue weighted by atomic mass is 9.85. The molecule has 0 aliphatic rings. The fraction of sp³-hybridized carbons (Fsp3) is 0.333. The van der Waals surface area contributed by atoms with Crippen molar-refractivity contribution in [3.8, 4) is 0 Å². The van der Waals surface area contributed by atoms with E-state index in [0.717, 1.165) is 32.8 Å². The van der Waals surface area contributed by atoms with E-state index >= 15 is 0 Å². The molecule has 1 nitrogen and oxygen atoms in total. The second-order valence-corrected chi connectivity index (χ2v) is 6.27. The first-order valence-corrected chi connectivity index (χ1v) is 7.22. The van der Waals surface area contributed by atoms with Crippen LogP contribution in [0.1, 0.15) is 34.7 Å². The Morgan fingerprint density at radius 2 is 1.60 bits per heavy atom. The number of hydrogen-bond donors (Lipinski definition) is 1. The molecule has 106 valence electrons. The van der Waals surface area contributed by atoms with Crippen LogP contribution in [-0.4, -0.2) is 5.11 Å². The topological polar surface area (TPSA) is 20.2 Å². The van der Waals surface area contributed by atoms with Gasteiger partial charge in [-0.15, -0.1) is 0 Å². The lowest BCUT2D eigenvalue weighted by Gasteiger charge is -2.27. The molecule has 20 heavy (non-hydrogen) atoms. The number of rotatable bonds is 3. The molecule has 0 aliphatic heterocycles. The van der Waals surface area contributed by atoms with Gasteiger partial charge in [-0.05, 0) is 56.0 Å². The summed E-state index contributed by atoms with van der Waals surface area (Å²) in [5, 5.41) is 11.6. The van der Waals surface area contributed by atoms with Crippen LogP contribution in [0.3, 0.4) is 0 Å². The van der Waals surface area contributed by atoms with Crippen molar-refractivity contribution in [2.75, 3.05) is 0 Å². The molecule has 0 aromatic heterocycles. The molecule has 1 N–H and O–H groups in total. The van der Waals surface area contributed by atoms with Gasteiger partial charge >= 0.3 is 0 Å². The lowest BCUT2D eigenvalue weighted by molar-refractivity contribution is 0.0569. The zero-order valence-electron chi connectivity index (χ0n) is 12.5. The Bertz CT molecular complexity index is 629. The van der Waals surface area contributed by atoms with Crippen LogP contribution < -0.4 is 0 Å². The van der Waals surface area contributed by atoms with Gasteiger partial charge in [-0.25, -0.2) is 0 Å². The highest BCUT2D eigenvalue weighted by Crippen LogP contribution is 2.31. The van der Waals surface area contributed by atoms with Gasteiger partial charge < -0.3 is 5.11 Å². The van der Waals surface area contributed by atoms with Crippen LogP contribution in [0.25, 0.3) is 0 Å². The molecule has 0 radical (unpaired) electrons. The van der Waals surface area contributed by atoms with E-state index in [1.165, 1.54) is 0 Å². The van der Waals surface area contributed by atoms with Crippen LogP contribution >= 0.6 is 11.6 Å². The maximum atomic E-state index is 10.9. The average molecular weight is 289 g/mol. The number of aryl methyl sites for hydroxylation is 3. The zero-order chi connectivity index (χ0) is 14.9. The molecule has 2 aromatic carbocycles. The summed E-state index contributed by atoms with van der Waals surface area (Å²) in [7, 11) is 0. The summed E-state index contributed by atoms with van der Waals surface area (Å²) in [6.07, 6.45) is 0.510. The third-order valence-electron chi connectivity index (χ3n) is 3.72. The summed E-state index contributed by atoms with van der Waals surface area (Å²) in [5.41, 5.74) is 4.40. The molecular weight excluding hydrogens is 268 g/mol. The van der Waals surface area contributed by atoms with Crippen LogP contribution in [0.15, 0.2) is 36.4 Å². The van der Waals surface area contributed by atoms with E-state index in [1.807, 2.05) is 45.9 Å². The molecule has 0 fully saturated rings. The van der Waals surface area contributed by atoms with Gasteiger partial charge in [-0.2, -0.15) is 0 Å². The Labute approximate surface area is 126 Å². The maximum Gasteiger partial charge on any atom is 0.0911 e. The summed E-state index contributed by atoms with van der Waals surface area (Å²) in [6, 6.07) is 12.1. The maximum absolute atomic E-state index is 10.9. The van der Waals surface area contributed by atoms with E-state index in [-0.39, 0.29) is 0 Å². The van der Waals surface area contributed by atoms with Crippen LogP contribution in [0.4, 0.5) is 0 Å². The molecule has 0 amide bonds. The average Bonchev–Trinajstić information content (AvgIpc) is 2.35. The van der Waals surface area contributed by atoms with E-state index in [2.05, 4.69) is 18.2 Å². The highest BCUT2D eigenvalue weighted by atomic mass is 35.5. The molecule has 2 heteroatoms. The minimum atomic E-state index is -0.922. The third kappa shape index (κ3) is 3.23. The monoisotopic (exact) mass is 288 g/mol. The lowest BCUT2D eigenvalue weighted by Crippen LogP contribution is -2.25. The smallest absolute Gasteiger partial charge is 0.0911 e. The first-order chi connectivity index (χ1) is 9.29. The Balaban J connectivity index is 2.37. The molecule has 0 bridgehead atoms. The summed E-state index contributed by atoms with van der Waals surface area (Å²) in [5.74, 6) is 0. The minimum Gasteiger partial charge on any atom is -0.385 e. The van der Waals surface area contributed by atoms with Crippen molar-refractivity contribution in [3.05, 3.63) is 69.2 Å². The third-order valence-corrected chi connectivity index (χ3v) is 4.07. The second kappa shape index (κ2) is 5.59. The van der Waals surface area contributed by atoms with Crippen LogP contribution in [0.2, 0.25) is 5.02 Å². The van der Waals surface area contributed by atoms with Gasteiger partial charge in [0.05, 0.1) is 5.60 Å². The SMILES string of the molecule is Cc1ccc(CC(C)(O)c2cc(C)ccc2C)c(Cl)c1. The summed E-state index contributed by atoms with van der Waals surface area (Å²) in [4.78, 5) is 0. The quantitative estimate of drug-likeness (QED) is 0.867. The fourth-order valence-electron chi connectivity index (χ4n) is 2.58. The molecule has 0 saturated carbocycles. The van der Waals surface area contributed by atoms with E-state index in [1.54, 1.807) is 0 Å². The number of halogens is 1. The van der Waals surface area contributed by atoms with Crippen molar-refractivity contribution >= 4 is 11.6 Å². The van der Waals surface area contributed by atoms with Crippen LogP contribution in [0, 0.1) is 20.8 Å². The molecule has 0 heterocycles. The molecular formula is C18H21ClO. The van der Waals surface area contributed by atoms with Crippen molar-refractivity contribution in [3.63, 3.8) is 0 Å². The number of aliphatic hydroxyl groups is 1. The standard InChI is InChI=1S/C18H21ClO/c1-12-5-7-14(3)16(9-12)18(4,20)11-15-8-6-13(2)10-17(15)19/h5-10,20H,11H2,1-4H3. The first kappa shape index (κ1) is 15.1. The molecule has 0 spiro atoms. The van der Waals surface area contributed by atoms with Gasteiger partial charge in [0.1, 0.15) is 0 Å². The van der Waals surface area contributed by atoms with Crippen LogP contribution in [0.5, 0.6) is 0 Å². The summed E-state index contributed by atoms with van der Waals surface area (Å²) >= 11 is 6.28.